The van der Waals surface area contributed by atoms with Crippen LogP contribution in [0, 0.1) is 13.8 Å². The van der Waals surface area contributed by atoms with Gasteiger partial charge in [-0.1, -0.05) is 17.7 Å². The van der Waals surface area contributed by atoms with Crippen molar-refractivity contribution in [3.63, 3.8) is 0 Å². The number of hydrogen-bond acceptors (Lipinski definition) is 2. The van der Waals surface area contributed by atoms with Crippen LogP contribution < -0.4 is 10.6 Å². The molecule has 0 radical (unpaired) electrons. The second-order valence-electron chi connectivity index (χ2n) is 6.48. The highest BCUT2D eigenvalue weighted by Crippen LogP contribution is 2.32. The van der Waals surface area contributed by atoms with Crippen LogP contribution in [-0.2, 0) is 13.5 Å². The van der Waals surface area contributed by atoms with E-state index >= 15 is 0 Å². The molecule has 2 aromatic rings. The zero-order valence-corrected chi connectivity index (χ0v) is 15.2. The fourth-order valence-electron chi connectivity index (χ4n) is 3.62. The maximum absolute atomic E-state index is 12.4. The molecule has 1 heterocycles. The first-order chi connectivity index (χ1) is 11.4. The number of halogens is 1. The predicted molar refractivity (Wildman–Crippen MR) is 95.3 cm³/mol. The Labute approximate surface area is 147 Å². The van der Waals surface area contributed by atoms with Gasteiger partial charge in [0.1, 0.15) is 0 Å². The fraction of sp³-hybridized carbons (Fsp3) is 0.444. The van der Waals surface area contributed by atoms with Gasteiger partial charge in [0.2, 0.25) is 0 Å². The predicted octanol–water partition coefficient (Wildman–Crippen LogP) is 3.74. The summed E-state index contributed by atoms with van der Waals surface area (Å²) in [5.74, 6) is 0. The van der Waals surface area contributed by atoms with Gasteiger partial charge in [-0.25, -0.2) is 4.79 Å². The van der Waals surface area contributed by atoms with Crippen LogP contribution in [0.15, 0.2) is 18.2 Å². The Morgan fingerprint density at radius 3 is 2.83 bits per heavy atom. The molecule has 5 nitrogen and oxygen atoms in total. The molecule has 0 fully saturated rings. The molecule has 6 heteroatoms. The number of carbonyl (C=O) groups excluding carboxylic acids is 1. The molecule has 1 aliphatic rings. The lowest BCUT2D eigenvalue weighted by Crippen LogP contribution is -2.38. The third kappa shape index (κ3) is 3.13. The molecule has 0 saturated carbocycles. The van der Waals surface area contributed by atoms with Crippen molar-refractivity contribution in [1.82, 2.24) is 20.4 Å². The standard InChI is InChI=1S/C18H23ClN4O/c1-10(17-11(2)22-23(4)12(17)3)20-18(24)21-16-8-5-13-9-14(19)6-7-15(13)16/h6-7,9-10,16H,5,8H2,1-4H3,(H2,20,21,24)/t10-,16+/m1/s1. The SMILES string of the molecule is Cc1nn(C)c(C)c1[C@@H](C)NC(=O)N[C@H]1CCc2cc(Cl)ccc21. The lowest BCUT2D eigenvalue weighted by molar-refractivity contribution is 0.234. The Bertz CT molecular complexity index is 784. The molecule has 1 aromatic heterocycles. The first-order valence-electron chi connectivity index (χ1n) is 8.22. The fourth-order valence-corrected chi connectivity index (χ4v) is 3.82. The molecule has 24 heavy (non-hydrogen) atoms. The van der Waals surface area contributed by atoms with Gasteiger partial charge < -0.3 is 10.6 Å². The average molecular weight is 347 g/mol. The van der Waals surface area contributed by atoms with Crippen molar-refractivity contribution in [3.05, 3.63) is 51.3 Å². The molecule has 2 atom stereocenters. The number of nitrogens with zero attached hydrogens (tertiary/aromatic N) is 2. The smallest absolute Gasteiger partial charge is 0.315 e. The number of rotatable bonds is 3. The van der Waals surface area contributed by atoms with Crippen LogP contribution in [0.2, 0.25) is 5.02 Å². The monoisotopic (exact) mass is 346 g/mol. The highest BCUT2D eigenvalue weighted by molar-refractivity contribution is 6.30. The lowest BCUT2D eigenvalue weighted by Gasteiger charge is -2.19. The minimum Gasteiger partial charge on any atom is -0.331 e. The van der Waals surface area contributed by atoms with Crippen molar-refractivity contribution in [3.8, 4) is 0 Å². The maximum Gasteiger partial charge on any atom is 0.315 e. The van der Waals surface area contributed by atoms with Gasteiger partial charge in [-0.3, -0.25) is 4.68 Å². The Balaban J connectivity index is 1.67. The van der Waals surface area contributed by atoms with E-state index in [4.69, 9.17) is 11.6 Å². The first kappa shape index (κ1) is 16.8. The van der Waals surface area contributed by atoms with E-state index in [1.807, 2.05) is 50.7 Å². The van der Waals surface area contributed by atoms with Crippen LogP contribution in [-0.4, -0.2) is 15.8 Å². The number of hydrogen-bond donors (Lipinski definition) is 2. The number of fused-ring (bicyclic) bond motifs is 1. The van der Waals surface area contributed by atoms with E-state index in [-0.39, 0.29) is 18.1 Å². The minimum atomic E-state index is -0.155. The Morgan fingerprint density at radius 1 is 1.42 bits per heavy atom. The molecule has 0 bridgehead atoms. The van der Waals surface area contributed by atoms with Gasteiger partial charge in [0.05, 0.1) is 17.8 Å². The normalized spacial score (nSPS) is 17.5. The summed E-state index contributed by atoms with van der Waals surface area (Å²) in [6.45, 7) is 5.97. The molecule has 0 saturated heterocycles. The summed E-state index contributed by atoms with van der Waals surface area (Å²) in [6.07, 6.45) is 1.85. The molecule has 2 amide bonds. The van der Waals surface area contributed by atoms with Gasteiger partial charge in [0.25, 0.3) is 0 Å². The molecule has 1 aromatic carbocycles. The lowest BCUT2D eigenvalue weighted by atomic mass is 10.1. The third-order valence-corrected chi connectivity index (χ3v) is 5.07. The summed E-state index contributed by atoms with van der Waals surface area (Å²) < 4.78 is 1.84. The van der Waals surface area contributed by atoms with E-state index < -0.39 is 0 Å². The summed E-state index contributed by atoms with van der Waals surface area (Å²) in [6, 6.07) is 5.67. The van der Waals surface area contributed by atoms with Crippen molar-refractivity contribution < 1.29 is 4.79 Å². The van der Waals surface area contributed by atoms with Crippen LogP contribution >= 0.6 is 11.6 Å². The summed E-state index contributed by atoms with van der Waals surface area (Å²) in [5.41, 5.74) is 5.48. The van der Waals surface area contributed by atoms with Crippen molar-refractivity contribution >= 4 is 17.6 Å². The largest absolute Gasteiger partial charge is 0.331 e. The van der Waals surface area contributed by atoms with Gasteiger partial charge in [0.15, 0.2) is 0 Å². The van der Waals surface area contributed by atoms with Gasteiger partial charge in [-0.05, 0) is 56.9 Å². The molecular weight excluding hydrogens is 324 g/mol. The quantitative estimate of drug-likeness (QED) is 0.889. The summed E-state index contributed by atoms with van der Waals surface area (Å²) in [5, 5.41) is 11.3. The number of aryl methyl sites for hydroxylation is 3. The summed E-state index contributed by atoms with van der Waals surface area (Å²) >= 11 is 6.04. The molecule has 1 aliphatic carbocycles. The molecule has 0 spiro atoms. The van der Waals surface area contributed by atoms with Crippen molar-refractivity contribution in [2.24, 2.45) is 7.05 Å². The van der Waals surface area contributed by atoms with Gasteiger partial charge in [-0.15, -0.1) is 0 Å². The van der Waals surface area contributed by atoms with Gasteiger partial charge >= 0.3 is 6.03 Å². The van der Waals surface area contributed by atoms with E-state index in [0.717, 1.165) is 40.4 Å². The zero-order valence-electron chi connectivity index (χ0n) is 14.5. The van der Waals surface area contributed by atoms with Crippen LogP contribution in [0.25, 0.3) is 0 Å². The Morgan fingerprint density at radius 2 is 2.17 bits per heavy atom. The average Bonchev–Trinajstić information content (AvgIpc) is 2.99. The van der Waals surface area contributed by atoms with Crippen LogP contribution in [0.3, 0.4) is 0 Å². The van der Waals surface area contributed by atoms with Crippen molar-refractivity contribution in [1.29, 1.82) is 0 Å². The number of aromatic nitrogens is 2. The highest BCUT2D eigenvalue weighted by atomic mass is 35.5. The van der Waals surface area contributed by atoms with Crippen LogP contribution in [0.1, 0.15) is 53.5 Å². The Kier molecular flexibility index (Phi) is 4.54. The van der Waals surface area contributed by atoms with Crippen LogP contribution in [0.4, 0.5) is 4.79 Å². The minimum absolute atomic E-state index is 0.0422. The number of benzene rings is 1. The topological polar surface area (TPSA) is 59.0 Å². The second kappa shape index (κ2) is 6.48. The highest BCUT2D eigenvalue weighted by Gasteiger charge is 2.25. The zero-order chi connectivity index (χ0) is 17.4. The van der Waals surface area contributed by atoms with E-state index in [2.05, 4.69) is 15.7 Å². The number of carbonyl (C=O) groups is 1. The molecule has 128 valence electrons. The third-order valence-electron chi connectivity index (χ3n) is 4.83. The van der Waals surface area contributed by atoms with Crippen molar-refractivity contribution in [2.45, 2.75) is 45.7 Å². The van der Waals surface area contributed by atoms with Gasteiger partial charge in [-0.2, -0.15) is 5.10 Å². The molecule has 3 rings (SSSR count). The number of urea groups is 1. The molecule has 0 aliphatic heterocycles. The summed E-state index contributed by atoms with van der Waals surface area (Å²) in [4.78, 5) is 12.4. The molecule has 2 N–H and O–H groups in total. The van der Waals surface area contributed by atoms with Crippen LogP contribution in [0.5, 0.6) is 0 Å². The van der Waals surface area contributed by atoms with E-state index in [1.54, 1.807) is 0 Å². The molecular formula is C18H23ClN4O. The van der Waals surface area contributed by atoms with Gasteiger partial charge in [0, 0.05) is 23.3 Å². The second-order valence-corrected chi connectivity index (χ2v) is 6.92. The number of nitrogens with one attached hydrogen (secondary N) is 2. The first-order valence-corrected chi connectivity index (χ1v) is 8.60. The summed E-state index contributed by atoms with van der Waals surface area (Å²) in [7, 11) is 1.92. The number of amides is 2. The van der Waals surface area contributed by atoms with Crippen molar-refractivity contribution in [2.75, 3.05) is 0 Å². The Hall–Kier alpha value is -2.01. The van der Waals surface area contributed by atoms with E-state index in [0.29, 0.717) is 0 Å². The van der Waals surface area contributed by atoms with E-state index in [1.165, 1.54) is 5.56 Å². The molecule has 0 unspecified atom stereocenters. The van der Waals surface area contributed by atoms with E-state index in [9.17, 15) is 4.79 Å². The maximum atomic E-state index is 12.4.